The maximum absolute atomic E-state index is 12.7. The summed E-state index contributed by atoms with van der Waals surface area (Å²) in [5.41, 5.74) is 2.11. The van der Waals surface area contributed by atoms with Gasteiger partial charge in [-0.15, -0.1) is 0 Å². The molecule has 4 rings (SSSR count). The van der Waals surface area contributed by atoms with Crippen molar-refractivity contribution in [2.45, 2.75) is 48.4 Å². The first kappa shape index (κ1) is 26.5. The number of halogens is 2. The first-order valence-electron chi connectivity index (χ1n) is 11.8. The monoisotopic (exact) mass is 545 g/mol. The third kappa shape index (κ3) is 6.82. The van der Waals surface area contributed by atoms with Gasteiger partial charge in [0.2, 0.25) is 5.95 Å². The molecular weight excluding hydrogens is 517 g/mol. The standard InChI is InChI=1S/C26H29Cl2N5O2S/c1-33(2)22-12-10-20(11-13-22)32-26-30-15-19(16-31-26)7-6-18-8-9-21(29-14-18)17-36(34,35)24-5-3-4-23(27)25(24)28/h3-9,14-16,20,22H,10-13,17H2,1-2H3,(H,30,31,32)/b7-6+. The van der Waals surface area contributed by atoms with Crippen molar-refractivity contribution in [2.24, 2.45) is 0 Å². The minimum Gasteiger partial charge on any atom is -0.351 e. The zero-order valence-electron chi connectivity index (χ0n) is 20.2. The molecule has 2 heterocycles. The van der Waals surface area contributed by atoms with Crippen LogP contribution in [0.4, 0.5) is 5.95 Å². The van der Waals surface area contributed by atoms with Gasteiger partial charge in [0.1, 0.15) is 0 Å². The van der Waals surface area contributed by atoms with E-state index in [-0.39, 0.29) is 20.7 Å². The molecule has 1 aliphatic carbocycles. The summed E-state index contributed by atoms with van der Waals surface area (Å²) in [4.78, 5) is 15.5. The maximum Gasteiger partial charge on any atom is 0.222 e. The molecule has 0 bridgehead atoms. The number of hydrogen-bond acceptors (Lipinski definition) is 7. The summed E-state index contributed by atoms with van der Waals surface area (Å²) in [7, 11) is 0.603. The Labute approximate surface area is 222 Å². The average molecular weight is 547 g/mol. The van der Waals surface area contributed by atoms with Crippen LogP contribution < -0.4 is 5.32 Å². The van der Waals surface area contributed by atoms with Crippen LogP contribution in [-0.4, -0.2) is 54.4 Å². The van der Waals surface area contributed by atoms with Crippen LogP contribution >= 0.6 is 23.2 Å². The predicted octanol–water partition coefficient (Wildman–Crippen LogP) is 5.61. The van der Waals surface area contributed by atoms with E-state index in [4.69, 9.17) is 23.2 Å². The Balaban J connectivity index is 1.33. The van der Waals surface area contributed by atoms with Crippen LogP contribution in [0.2, 0.25) is 10.0 Å². The lowest BCUT2D eigenvalue weighted by atomic mass is 9.91. The van der Waals surface area contributed by atoms with Gasteiger partial charge in [0.05, 0.1) is 26.4 Å². The number of aromatic nitrogens is 3. The van der Waals surface area contributed by atoms with E-state index >= 15 is 0 Å². The van der Waals surface area contributed by atoms with Crippen molar-refractivity contribution in [3.63, 3.8) is 0 Å². The molecule has 10 heteroatoms. The normalized spacial score (nSPS) is 18.6. The maximum atomic E-state index is 12.7. The highest BCUT2D eigenvalue weighted by molar-refractivity contribution is 7.90. The molecule has 190 valence electrons. The van der Waals surface area contributed by atoms with Crippen LogP contribution in [0.1, 0.15) is 42.5 Å². The molecule has 3 aromatic rings. The lowest BCUT2D eigenvalue weighted by Crippen LogP contribution is -2.36. The van der Waals surface area contributed by atoms with Gasteiger partial charge < -0.3 is 10.2 Å². The Bertz CT molecular complexity index is 1310. The SMILES string of the molecule is CN(C)C1CCC(Nc2ncc(/C=C/c3ccc(CS(=O)(=O)c4cccc(Cl)c4Cl)nc3)cn2)CC1. The molecule has 1 aromatic carbocycles. The predicted molar refractivity (Wildman–Crippen MR) is 146 cm³/mol. The number of nitrogens with one attached hydrogen (secondary N) is 1. The number of benzene rings is 1. The Morgan fingerprint density at radius 3 is 2.25 bits per heavy atom. The van der Waals surface area contributed by atoms with E-state index in [1.54, 1.807) is 36.8 Å². The van der Waals surface area contributed by atoms with Crippen molar-refractivity contribution < 1.29 is 8.42 Å². The minimum atomic E-state index is -3.68. The molecule has 1 aliphatic rings. The highest BCUT2D eigenvalue weighted by Crippen LogP contribution is 2.30. The molecule has 36 heavy (non-hydrogen) atoms. The Hall–Kier alpha value is -2.52. The van der Waals surface area contributed by atoms with E-state index < -0.39 is 9.84 Å². The smallest absolute Gasteiger partial charge is 0.222 e. The van der Waals surface area contributed by atoms with E-state index in [9.17, 15) is 8.42 Å². The third-order valence-electron chi connectivity index (χ3n) is 6.34. The van der Waals surface area contributed by atoms with E-state index in [0.29, 0.717) is 23.7 Å². The van der Waals surface area contributed by atoms with Gasteiger partial charge in [0, 0.05) is 36.2 Å². The summed E-state index contributed by atoms with van der Waals surface area (Å²) in [6.45, 7) is 0. The fraction of sp³-hybridized carbons (Fsp3) is 0.346. The van der Waals surface area contributed by atoms with Gasteiger partial charge >= 0.3 is 0 Å². The van der Waals surface area contributed by atoms with E-state index in [2.05, 4.69) is 39.3 Å². The summed E-state index contributed by atoms with van der Waals surface area (Å²) in [6, 6.07) is 9.12. The second kappa shape index (κ2) is 11.7. The van der Waals surface area contributed by atoms with Crippen LogP contribution in [0.25, 0.3) is 12.2 Å². The molecule has 0 saturated heterocycles. The first-order chi connectivity index (χ1) is 17.2. The molecule has 7 nitrogen and oxygen atoms in total. The van der Waals surface area contributed by atoms with Gasteiger partial charge in [0.15, 0.2) is 9.84 Å². The van der Waals surface area contributed by atoms with Gasteiger partial charge in [-0.05, 0) is 63.5 Å². The fourth-order valence-electron chi connectivity index (χ4n) is 4.23. The summed E-state index contributed by atoms with van der Waals surface area (Å²) in [6.07, 6.45) is 13.5. The second-order valence-electron chi connectivity index (χ2n) is 9.18. The van der Waals surface area contributed by atoms with Crippen molar-refractivity contribution in [1.82, 2.24) is 19.9 Å². The number of hydrogen-bond donors (Lipinski definition) is 1. The molecule has 1 fully saturated rings. The van der Waals surface area contributed by atoms with Gasteiger partial charge in [-0.25, -0.2) is 18.4 Å². The molecule has 0 radical (unpaired) electrons. The molecular formula is C26H29Cl2N5O2S. The van der Waals surface area contributed by atoms with Gasteiger partial charge in [0.25, 0.3) is 0 Å². The van der Waals surface area contributed by atoms with Gasteiger partial charge in [-0.1, -0.05) is 47.5 Å². The van der Waals surface area contributed by atoms with Crippen molar-refractivity contribution in [2.75, 3.05) is 19.4 Å². The van der Waals surface area contributed by atoms with Crippen molar-refractivity contribution in [1.29, 1.82) is 0 Å². The zero-order valence-corrected chi connectivity index (χ0v) is 22.6. The lowest BCUT2D eigenvalue weighted by molar-refractivity contribution is 0.221. The minimum absolute atomic E-state index is 0.00150. The fourth-order valence-corrected chi connectivity index (χ4v) is 6.32. The number of nitrogens with zero attached hydrogens (tertiary/aromatic N) is 4. The molecule has 1 saturated carbocycles. The molecule has 0 amide bonds. The highest BCUT2D eigenvalue weighted by Gasteiger charge is 2.23. The second-order valence-corrected chi connectivity index (χ2v) is 11.9. The highest BCUT2D eigenvalue weighted by atomic mass is 35.5. The summed E-state index contributed by atoms with van der Waals surface area (Å²) < 4.78 is 25.5. The summed E-state index contributed by atoms with van der Waals surface area (Å²) >= 11 is 12.0. The van der Waals surface area contributed by atoms with Crippen LogP contribution in [0.15, 0.2) is 53.8 Å². The van der Waals surface area contributed by atoms with E-state index in [0.717, 1.165) is 24.0 Å². The van der Waals surface area contributed by atoms with E-state index in [1.165, 1.54) is 18.9 Å². The largest absolute Gasteiger partial charge is 0.351 e. The third-order valence-corrected chi connectivity index (χ3v) is 8.95. The molecule has 0 unspecified atom stereocenters. The summed E-state index contributed by atoms with van der Waals surface area (Å²) in [5.74, 6) is 0.378. The topological polar surface area (TPSA) is 88.1 Å². The van der Waals surface area contributed by atoms with Crippen LogP contribution in [0.3, 0.4) is 0 Å². The number of pyridine rings is 1. The molecule has 0 spiro atoms. The van der Waals surface area contributed by atoms with Crippen molar-refractivity contribution >= 4 is 51.1 Å². The molecule has 0 aliphatic heterocycles. The Morgan fingerprint density at radius 1 is 0.944 bits per heavy atom. The average Bonchev–Trinajstić information content (AvgIpc) is 2.86. The number of sulfone groups is 1. The zero-order chi connectivity index (χ0) is 25.7. The first-order valence-corrected chi connectivity index (χ1v) is 14.2. The molecule has 2 aromatic heterocycles. The molecule has 1 N–H and O–H groups in total. The number of rotatable bonds is 8. The molecule has 0 atom stereocenters. The van der Waals surface area contributed by atoms with Crippen molar-refractivity contribution in [3.05, 3.63) is 75.8 Å². The lowest BCUT2D eigenvalue weighted by Gasteiger charge is -2.32. The van der Waals surface area contributed by atoms with Crippen LogP contribution in [0.5, 0.6) is 0 Å². The van der Waals surface area contributed by atoms with Gasteiger partial charge in [-0.2, -0.15) is 0 Å². The van der Waals surface area contributed by atoms with Crippen LogP contribution in [0, 0.1) is 0 Å². The number of anilines is 1. The quantitative estimate of drug-likeness (QED) is 0.393. The Morgan fingerprint density at radius 2 is 1.61 bits per heavy atom. The Kier molecular flexibility index (Phi) is 8.62. The van der Waals surface area contributed by atoms with Crippen molar-refractivity contribution in [3.8, 4) is 0 Å². The van der Waals surface area contributed by atoms with E-state index in [1.807, 2.05) is 18.2 Å². The van der Waals surface area contributed by atoms with Gasteiger partial charge in [-0.3, -0.25) is 4.98 Å². The van der Waals surface area contributed by atoms with Crippen LogP contribution in [-0.2, 0) is 15.6 Å². The summed E-state index contributed by atoms with van der Waals surface area (Å²) in [5, 5.41) is 3.67.